The van der Waals surface area contributed by atoms with Gasteiger partial charge in [0.15, 0.2) is 0 Å². The number of nitrogens with zero attached hydrogens (tertiary/aromatic N) is 3. The molecule has 0 aliphatic carbocycles. The lowest BCUT2D eigenvalue weighted by molar-refractivity contribution is -0.132. The van der Waals surface area contributed by atoms with Crippen molar-refractivity contribution in [1.82, 2.24) is 14.8 Å². The fourth-order valence-electron chi connectivity index (χ4n) is 2.60. The van der Waals surface area contributed by atoms with E-state index in [2.05, 4.69) is 11.9 Å². The second kappa shape index (κ2) is 8.74. The zero-order valence-electron chi connectivity index (χ0n) is 13.6. The Morgan fingerprint density at radius 3 is 2.29 bits per heavy atom. The normalized spacial score (nSPS) is 14.0. The number of carbonyl (C=O) groups is 1. The predicted octanol–water partition coefficient (Wildman–Crippen LogP) is 1.66. The number of nitrogens with two attached hydrogens (primary N) is 1. The number of amides is 1. The van der Waals surface area contributed by atoms with Crippen LogP contribution in [0.15, 0.2) is 24.5 Å². The molecule has 5 heteroatoms. The summed E-state index contributed by atoms with van der Waals surface area (Å²) in [5.41, 5.74) is 7.39. The van der Waals surface area contributed by atoms with Crippen LogP contribution < -0.4 is 5.73 Å². The molecule has 5 nitrogen and oxygen atoms in total. The van der Waals surface area contributed by atoms with E-state index in [-0.39, 0.29) is 18.0 Å². The van der Waals surface area contributed by atoms with E-state index >= 15 is 0 Å². The zero-order chi connectivity index (χ0) is 15.8. The van der Waals surface area contributed by atoms with Crippen molar-refractivity contribution >= 4 is 5.91 Å². The van der Waals surface area contributed by atoms with Gasteiger partial charge in [0.2, 0.25) is 5.91 Å². The molecular formula is C16H28N4O. The van der Waals surface area contributed by atoms with Gasteiger partial charge < -0.3 is 10.6 Å². The van der Waals surface area contributed by atoms with Crippen molar-refractivity contribution in [3.63, 3.8) is 0 Å². The average molecular weight is 292 g/mol. The standard InChI is InChI=1S/C16H28N4O/c1-5-14(17)16(13-8-10-18-11-9-13)19(4)12-15(21)20(6-2)7-3/h8-11,14,16H,5-7,12,17H2,1-4H3. The minimum absolute atomic E-state index is 0.0121. The van der Waals surface area contributed by atoms with Gasteiger partial charge in [-0.05, 0) is 45.0 Å². The molecule has 2 N–H and O–H groups in total. The lowest BCUT2D eigenvalue weighted by Crippen LogP contribution is -2.44. The first kappa shape index (κ1) is 17.6. The zero-order valence-corrected chi connectivity index (χ0v) is 13.6. The lowest BCUT2D eigenvalue weighted by atomic mass is 9.97. The molecule has 1 rings (SSSR count). The number of hydrogen-bond donors (Lipinski definition) is 1. The molecule has 1 aromatic rings. The van der Waals surface area contributed by atoms with Crippen LogP contribution in [0.1, 0.15) is 38.8 Å². The molecule has 0 aliphatic rings. The quantitative estimate of drug-likeness (QED) is 0.791. The van der Waals surface area contributed by atoms with Crippen LogP contribution in [0.2, 0.25) is 0 Å². The molecule has 0 fully saturated rings. The molecule has 1 heterocycles. The maximum Gasteiger partial charge on any atom is 0.236 e. The summed E-state index contributed by atoms with van der Waals surface area (Å²) in [7, 11) is 1.96. The van der Waals surface area contributed by atoms with Crippen LogP contribution in [0, 0.1) is 0 Å². The van der Waals surface area contributed by atoms with Crippen molar-refractivity contribution in [3.05, 3.63) is 30.1 Å². The number of rotatable bonds is 8. The lowest BCUT2D eigenvalue weighted by Gasteiger charge is -2.33. The summed E-state index contributed by atoms with van der Waals surface area (Å²) in [5.74, 6) is 0.143. The molecule has 2 unspecified atom stereocenters. The van der Waals surface area contributed by atoms with Crippen molar-refractivity contribution in [2.75, 3.05) is 26.7 Å². The van der Waals surface area contributed by atoms with E-state index in [0.717, 1.165) is 25.1 Å². The summed E-state index contributed by atoms with van der Waals surface area (Å²) in [6, 6.07) is 3.95. The van der Waals surface area contributed by atoms with Crippen LogP contribution in [-0.2, 0) is 4.79 Å². The van der Waals surface area contributed by atoms with Crippen LogP contribution in [0.25, 0.3) is 0 Å². The summed E-state index contributed by atoms with van der Waals surface area (Å²) in [4.78, 5) is 20.2. The maximum atomic E-state index is 12.3. The Kier molecular flexibility index (Phi) is 7.32. The van der Waals surface area contributed by atoms with Gasteiger partial charge in [0.25, 0.3) is 0 Å². The van der Waals surface area contributed by atoms with Gasteiger partial charge in [-0.25, -0.2) is 0 Å². The van der Waals surface area contributed by atoms with E-state index in [1.807, 2.05) is 42.8 Å². The molecule has 0 radical (unpaired) electrons. The molecule has 1 amide bonds. The number of carbonyl (C=O) groups excluding carboxylic acids is 1. The predicted molar refractivity (Wildman–Crippen MR) is 85.8 cm³/mol. The summed E-state index contributed by atoms with van der Waals surface area (Å²) in [6.07, 6.45) is 4.40. The highest BCUT2D eigenvalue weighted by Gasteiger charge is 2.25. The molecule has 0 aliphatic heterocycles. The molecule has 21 heavy (non-hydrogen) atoms. The second-order valence-corrected chi connectivity index (χ2v) is 5.28. The maximum absolute atomic E-state index is 12.3. The van der Waals surface area contributed by atoms with E-state index < -0.39 is 0 Å². The number of hydrogen-bond acceptors (Lipinski definition) is 4. The van der Waals surface area contributed by atoms with Crippen LogP contribution in [-0.4, -0.2) is 53.4 Å². The van der Waals surface area contributed by atoms with Crippen LogP contribution >= 0.6 is 0 Å². The second-order valence-electron chi connectivity index (χ2n) is 5.28. The highest BCUT2D eigenvalue weighted by atomic mass is 16.2. The van der Waals surface area contributed by atoms with Gasteiger partial charge in [-0.2, -0.15) is 0 Å². The van der Waals surface area contributed by atoms with Crippen molar-refractivity contribution < 1.29 is 4.79 Å². The van der Waals surface area contributed by atoms with E-state index in [0.29, 0.717) is 6.54 Å². The summed E-state index contributed by atoms with van der Waals surface area (Å²) < 4.78 is 0. The summed E-state index contributed by atoms with van der Waals surface area (Å²) >= 11 is 0. The Morgan fingerprint density at radius 2 is 1.81 bits per heavy atom. The Morgan fingerprint density at radius 1 is 1.24 bits per heavy atom. The molecule has 1 aromatic heterocycles. The van der Waals surface area contributed by atoms with Crippen molar-refractivity contribution in [2.24, 2.45) is 5.73 Å². The molecular weight excluding hydrogens is 264 g/mol. The van der Waals surface area contributed by atoms with Crippen LogP contribution in [0.3, 0.4) is 0 Å². The van der Waals surface area contributed by atoms with Gasteiger partial charge in [0.1, 0.15) is 0 Å². The third kappa shape index (κ3) is 4.79. The Labute approximate surface area is 128 Å². The van der Waals surface area contributed by atoms with Gasteiger partial charge in [-0.1, -0.05) is 6.92 Å². The topological polar surface area (TPSA) is 62.5 Å². The molecule has 0 spiro atoms. The Balaban J connectivity index is 2.87. The largest absolute Gasteiger partial charge is 0.342 e. The molecule has 118 valence electrons. The minimum Gasteiger partial charge on any atom is -0.342 e. The fraction of sp³-hybridized carbons (Fsp3) is 0.625. The van der Waals surface area contributed by atoms with Crippen molar-refractivity contribution in [3.8, 4) is 0 Å². The summed E-state index contributed by atoms with van der Waals surface area (Å²) in [5, 5.41) is 0. The first-order valence-corrected chi connectivity index (χ1v) is 7.68. The number of pyridine rings is 1. The third-order valence-corrected chi connectivity index (χ3v) is 3.90. The van der Waals surface area contributed by atoms with Crippen LogP contribution in [0.4, 0.5) is 0 Å². The SMILES string of the molecule is CCC(N)C(c1ccncc1)N(C)CC(=O)N(CC)CC. The van der Waals surface area contributed by atoms with Gasteiger partial charge in [-0.3, -0.25) is 14.7 Å². The molecule has 0 saturated heterocycles. The summed E-state index contributed by atoms with van der Waals surface area (Å²) in [6.45, 7) is 7.92. The van der Waals surface area contributed by atoms with Gasteiger partial charge in [-0.15, -0.1) is 0 Å². The Hall–Kier alpha value is -1.46. The van der Waals surface area contributed by atoms with Crippen molar-refractivity contribution in [2.45, 2.75) is 39.3 Å². The van der Waals surface area contributed by atoms with Crippen molar-refractivity contribution in [1.29, 1.82) is 0 Å². The van der Waals surface area contributed by atoms with E-state index in [1.165, 1.54) is 0 Å². The smallest absolute Gasteiger partial charge is 0.236 e. The number of aromatic nitrogens is 1. The highest BCUT2D eigenvalue weighted by molar-refractivity contribution is 5.78. The molecule has 0 aromatic carbocycles. The third-order valence-electron chi connectivity index (χ3n) is 3.90. The average Bonchev–Trinajstić information content (AvgIpc) is 2.49. The number of likely N-dealkylation sites (N-methyl/N-ethyl adjacent to an activating group) is 2. The molecule has 0 saturated carbocycles. The first-order chi connectivity index (χ1) is 10.0. The van der Waals surface area contributed by atoms with Gasteiger partial charge in [0.05, 0.1) is 12.6 Å². The van der Waals surface area contributed by atoms with Gasteiger partial charge in [0, 0.05) is 31.5 Å². The minimum atomic E-state index is -0.0121. The molecule has 0 bridgehead atoms. The first-order valence-electron chi connectivity index (χ1n) is 7.68. The van der Waals surface area contributed by atoms with Crippen LogP contribution in [0.5, 0.6) is 0 Å². The van der Waals surface area contributed by atoms with Gasteiger partial charge >= 0.3 is 0 Å². The molecule has 2 atom stereocenters. The highest BCUT2D eigenvalue weighted by Crippen LogP contribution is 2.23. The Bertz CT molecular complexity index is 420. The monoisotopic (exact) mass is 292 g/mol. The van der Waals surface area contributed by atoms with E-state index in [9.17, 15) is 4.79 Å². The van der Waals surface area contributed by atoms with E-state index in [4.69, 9.17) is 5.73 Å². The fourth-order valence-corrected chi connectivity index (χ4v) is 2.60. The van der Waals surface area contributed by atoms with E-state index in [1.54, 1.807) is 12.4 Å².